The number of hydrogen-bond donors (Lipinski definition) is 2. The zero-order valence-electron chi connectivity index (χ0n) is 10.7. The number of hydrogen-bond acceptors (Lipinski definition) is 3. The summed E-state index contributed by atoms with van der Waals surface area (Å²) in [5.41, 5.74) is 2.34. The van der Waals surface area contributed by atoms with Gasteiger partial charge in [-0.05, 0) is 19.4 Å². The highest BCUT2D eigenvalue weighted by atomic mass is 16.4. The summed E-state index contributed by atoms with van der Waals surface area (Å²) in [6.45, 7) is 4.00. The fourth-order valence-corrected chi connectivity index (χ4v) is 2.04. The summed E-state index contributed by atoms with van der Waals surface area (Å²) in [7, 11) is 0. The molecule has 0 spiro atoms. The van der Waals surface area contributed by atoms with Crippen LogP contribution in [0.25, 0.3) is 0 Å². The van der Waals surface area contributed by atoms with E-state index in [0.717, 1.165) is 22.9 Å². The standard InChI is InChI=1S/C14H14N2O3/c1-8-3-9(2)5-10(4-8)6-12-15-7-11(14(18)19)13(17)16-12/h3-5,7H,6H2,1-2H3,(H,18,19)(H,15,16,17). The maximum absolute atomic E-state index is 11.5. The van der Waals surface area contributed by atoms with Crippen LogP contribution in [0.5, 0.6) is 0 Å². The normalized spacial score (nSPS) is 10.4. The lowest BCUT2D eigenvalue weighted by Gasteiger charge is -2.05. The molecule has 2 rings (SSSR count). The molecule has 0 atom stereocenters. The third-order valence-corrected chi connectivity index (χ3v) is 2.74. The molecular formula is C14H14N2O3. The molecule has 1 heterocycles. The van der Waals surface area contributed by atoms with Crippen molar-refractivity contribution in [2.45, 2.75) is 20.3 Å². The van der Waals surface area contributed by atoms with Gasteiger partial charge in [0.15, 0.2) is 0 Å². The van der Waals surface area contributed by atoms with Crippen molar-refractivity contribution < 1.29 is 9.90 Å². The Morgan fingerprint density at radius 2 is 1.89 bits per heavy atom. The minimum atomic E-state index is -1.27. The van der Waals surface area contributed by atoms with E-state index < -0.39 is 11.5 Å². The lowest BCUT2D eigenvalue weighted by Crippen LogP contribution is -2.20. The second-order valence-electron chi connectivity index (χ2n) is 4.55. The molecule has 0 aliphatic rings. The highest BCUT2D eigenvalue weighted by molar-refractivity contribution is 5.86. The zero-order valence-corrected chi connectivity index (χ0v) is 10.7. The Morgan fingerprint density at radius 3 is 2.42 bits per heavy atom. The number of nitrogens with one attached hydrogen (secondary N) is 1. The number of carboxylic acids is 1. The largest absolute Gasteiger partial charge is 0.477 e. The summed E-state index contributed by atoms with van der Waals surface area (Å²) in [6.07, 6.45) is 1.57. The SMILES string of the molecule is Cc1cc(C)cc(Cc2ncc(C(=O)O)c(=O)[nH]2)c1. The van der Waals surface area contributed by atoms with Gasteiger partial charge in [-0.2, -0.15) is 0 Å². The number of H-pyrrole nitrogens is 1. The van der Waals surface area contributed by atoms with Gasteiger partial charge in [-0.1, -0.05) is 29.3 Å². The van der Waals surface area contributed by atoms with Gasteiger partial charge in [0, 0.05) is 12.6 Å². The third-order valence-electron chi connectivity index (χ3n) is 2.74. The molecule has 0 unspecified atom stereocenters. The molecular weight excluding hydrogens is 244 g/mol. The number of rotatable bonds is 3. The van der Waals surface area contributed by atoms with Crippen LogP contribution in [-0.4, -0.2) is 21.0 Å². The quantitative estimate of drug-likeness (QED) is 0.877. The van der Waals surface area contributed by atoms with E-state index in [1.165, 1.54) is 0 Å². The Morgan fingerprint density at radius 1 is 1.26 bits per heavy atom. The fraction of sp³-hybridized carbons (Fsp3) is 0.214. The molecule has 98 valence electrons. The van der Waals surface area contributed by atoms with Crippen molar-refractivity contribution in [2.24, 2.45) is 0 Å². The van der Waals surface area contributed by atoms with Crippen molar-refractivity contribution in [3.05, 3.63) is 62.8 Å². The van der Waals surface area contributed by atoms with Crippen LogP contribution in [0.3, 0.4) is 0 Å². The first kappa shape index (κ1) is 13.0. The Labute approximate surface area is 110 Å². The lowest BCUT2D eigenvalue weighted by atomic mass is 10.0. The van der Waals surface area contributed by atoms with E-state index in [1.807, 2.05) is 26.0 Å². The first-order valence-electron chi connectivity index (χ1n) is 5.84. The molecule has 19 heavy (non-hydrogen) atoms. The summed E-state index contributed by atoms with van der Waals surface area (Å²) in [5.74, 6) is -0.813. The zero-order chi connectivity index (χ0) is 14.0. The Bertz CT molecular complexity index is 669. The molecule has 2 aromatic rings. The molecule has 0 bridgehead atoms. The van der Waals surface area contributed by atoms with E-state index in [2.05, 4.69) is 16.0 Å². The third kappa shape index (κ3) is 3.07. The van der Waals surface area contributed by atoms with Crippen LogP contribution in [-0.2, 0) is 6.42 Å². The van der Waals surface area contributed by atoms with Gasteiger partial charge in [0.05, 0.1) is 0 Å². The van der Waals surface area contributed by atoms with Gasteiger partial charge in [0.25, 0.3) is 5.56 Å². The second kappa shape index (κ2) is 5.06. The van der Waals surface area contributed by atoms with Crippen LogP contribution < -0.4 is 5.56 Å². The summed E-state index contributed by atoms with van der Waals surface area (Å²) in [4.78, 5) is 28.7. The maximum atomic E-state index is 11.5. The molecule has 0 radical (unpaired) electrons. The molecule has 0 aliphatic heterocycles. The smallest absolute Gasteiger partial charge is 0.342 e. The van der Waals surface area contributed by atoms with Crippen LogP contribution in [0.2, 0.25) is 0 Å². The van der Waals surface area contributed by atoms with Crippen molar-refractivity contribution in [1.29, 1.82) is 0 Å². The van der Waals surface area contributed by atoms with Gasteiger partial charge >= 0.3 is 5.97 Å². The number of aromatic nitrogens is 2. The van der Waals surface area contributed by atoms with E-state index in [-0.39, 0.29) is 5.56 Å². The van der Waals surface area contributed by atoms with E-state index in [0.29, 0.717) is 12.2 Å². The summed E-state index contributed by atoms with van der Waals surface area (Å²) >= 11 is 0. The molecule has 0 amide bonds. The molecule has 2 N–H and O–H groups in total. The van der Waals surface area contributed by atoms with E-state index >= 15 is 0 Å². The second-order valence-corrected chi connectivity index (χ2v) is 4.55. The van der Waals surface area contributed by atoms with Gasteiger partial charge in [-0.25, -0.2) is 9.78 Å². The number of nitrogens with zero attached hydrogens (tertiary/aromatic N) is 1. The monoisotopic (exact) mass is 258 g/mol. The molecule has 0 aliphatic carbocycles. The van der Waals surface area contributed by atoms with Crippen molar-refractivity contribution in [3.63, 3.8) is 0 Å². The fourth-order valence-electron chi connectivity index (χ4n) is 2.04. The summed E-state index contributed by atoms with van der Waals surface area (Å²) in [5, 5.41) is 8.76. The van der Waals surface area contributed by atoms with Crippen molar-refractivity contribution in [1.82, 2.24) is 9.97 Å². The van der Waals surface area contributed by atoms with E-state index in [1.54, 1.807) is 0 Å². The van der Waals surface area contributed by atoms with Gasteiger partial charge in [-0.3, -0.25) is 4.79 Å². The van der Waals surface area contributed by atoms with Crippen LogP contribution in [0.4, 0.5) is 0 Å². The molecule has 5 heteroatoms. The lowest BCUT2D eigenvalue weighted by molar-refractivity contribution is 0.0694. The number of aromatic carboxylic acids is 1. The Kier molecular flexibility index (Phi) is 3.46. The van der Waals surface area contributed by atoms with Crippen LogP contribution in [0.15, 0.2) is 29.2 Å². The average molecular weight is 258 g/mol. The van der Waals surface area contributed by atoms with Crippen molar-refractivity contribution in [3.8, 4) is 0 Å². The van der Waals surface area contributed by atoms with Crippen molar-refractivity contribution >= 4 is 5.97 Å². The van der Waals surface area contributed by atoms with Gasteiger partial charge < -0.3 is 10.1 Å². The molecule has 5 nitrogen and oxygen atoms in total. The van der Waals surface area contributed by atoms with E-state index in [4.69, 9.17) is 5.11 Å². The number of aryl methyl sites for hydroxylation is 2. The van der Waals surface area contributed by atoms with Gasteiger partial charge in [0.2, 0.25) is 0 Å². The van der Waals surface area contributed by atoms with Crippen LogP contribution in [0.1, 0.15) is 32.9 Å². The van der Waals surface area contributed by atoms with Crippen LogP contribution >= 0.6 is 0 Å². The maximum Gasteiger partial charge on any atom is 0.342 e. The van der Waals surface area contributed by atoms with Gasteiger partial charge in [-0.15, -0.1) is 0 Å². The molecule has 0 saturated heterocycles. The first-order chi connectivity index (χ1) is 8.95. The predicted molar refractivity (Wildman–Crippen MR) is 70.5 cm³/mol. The highest BCUT2D eigenvalue weighted by Crippen LogP contribution is 2.11. The Balaban J connectivity index is 2.31. The van der Waals surface area contributed by atoms with Crippen molar-refractivity contribution in [2.75, 3.05) is 0 Å². The van der Waals surface area contributed by atoms with Crippen LogP contribution in [0, 0.1) is 13.8 Å². The Hall–Kier alpha value is -2.43. The van der Waals surface area contributed by atoms with Gasteiger partial charge in [0.1, 0.15) is 11.4 Å². The summed E-state index contributed by atoms with van der Waals surface area (Å²) in [6, 6.07) is 6.09. The first-order valence-corrected chi connectivity index (χ1v) is 5.84. The summed E-state index contributed by atoms with van der Waals surface area (Å²) < 4.78 is 0. The molecule has 1 aromatic carbocycles. The highest BCUT2D eigenvalue weighted by Gasteiger charge is 2.10. The minimum absolute atomic E-state index is 0.343. The van der Waals surface area contributed by atoms with E-state index in [9.17, 15) is 9.59 Å². The average Bonchev–Trinajstić information content (AvgIpc) is 2.26. The molecule has 0 saturated carbocycles. The number of benzene rings is 1. The molecule has 1 aromatic heterocycles. The molecule has 0 fully saturated rings. The minimum Gasteiger partial charge on any atom is -0.477 e. The number of aromatic amines is 1. The number of carboxylic acid groups (broad SMARTS) is 1. The number of carbonyl (C=O) groups is 1. The topological polar surface area (TPSA) is 83.0 Å². The predicted octanol–water partition coefficient (Wildman–Crippen LogP) is 1.68.